The zero-order valence-electron chi connectivity index (χ0n) is 10.5. The summed E-state index contributed by atoms with van der Waals surface area (Å²) < 4.78 is 14.7. The molecule has 0 saturated heterocycles. The Bertz CT molecular complexity index is 335. The van der Waals surface area contributed by atoms with Crippen LogP contribution in [-0.2, 0) is 12.1 Å². The smallest absolute Gasteiger partial charge is 0.150 e. The number of alkyl halides is 1. The van der Waals surface area contributed by atoms with Crippen LogP contribution in [0.2, 0.25) is 0 Å². The first-order chi connectivity index (χ1) is 7.54. The molecule has 0 spiro atoms. The molecule has 0 fully saturated rings. The van der Waals surface area contributed by atoms with Crippen molar-refractivity contribution < 1.29 is 4.39 Å². The van der Waals surface area contributed by atoms with Crippen molar-refractivity contribution in [1.29, 1.82) is 0 Å². The number of rotatable bonds is 5. The van der Waals surface area contributed by atoms with Gasteiger partial charge in [-0.3, -0.25) is 0 Å². The van der Waals surface area contributed by atoms with E-state index in [0.717, 1.165) is 18.4 Å². The quantitative estimate of drug-likeness (QED) is 0.813. The minimum atomic E-state index is -1.40. The van der Waals surface area contributed by atoms with Crippen LogP contribution in [0.5, 0.6) is 0 Å². The second-order valence-corrected chi connectivity index (χ2v) is 4.67. The Kier molecular flexibility index (Phi) is 4.48. The minimum Gasteiger partial charge on any atom is -0.327 e. The summed E-state index contributed by atoms with van der Waals surface area (Å²) in [5, 5.41) is 0. The van der Waals surface area contributed by atoms with Crippen LogP contribution >= 0.6 is 0 Å². The van der Waals surface area contributed by atoms with Crippen LogP contribution in [0.1, 0.15) is 38.3 Å². The normalized spacial score (nSPS) is 15.1. The molecule has 2 heteroatoms. The number of hydrogen-bond acceptors (Lipinski definition) is 1. The van der Waals surface area contributed by atoms with Gasteiger partial charge in [-0.2, -0.15) is 0 Å². The van der Waals surface area contributed by atoms with Crippen LogP contribution in [0.15, 0.2) is 24.3 Å². The molecule has 1 nitrogen and oxygen atoms in total. The standard InChI is InChI=1S/C14H22FN/c1-4-6-12-7-5-8-13(9-12)14(15,10-16)11(2)3/h5,7-9,11H,4,6,10,16H2,1-3H3. The number of benzene rings is 1. The summed E-state index contributed by atoms with van der Waals surface area (Å²) in [5.41, 5.74) is 6.10. The summed E-state index contributed by atoms with van der Waals surface area (Å²) in [5.74, 6) is -0.102. The van der Waals surface area contributed by atoms with E-state index >= 15 is 0 Å². The molecule has 1 rings (SSSR count). The van der Waals surface area contributed by atoms with Gasteiger partial charge in [-0.05, 0) is 23.5 Å². The number of nitrogens with two attached hydrogens (primary N) is 1. The molecule has 1 aromatic carbocycles. The van der Waals surface area contributed by atoms with Gasteiger partial charge in [0.1, 0.15) is 5.67 Å². The Hall–Kier alpha value is -0.890. The van der Waals surface area contributed by atoms with Crippen LogP contribution in [0.3, 0.4) is 0 Å². The average Bonchev–Trinajstić information content (AvgIpc) is 2.28. The Morgan fingerprint density at radius 1 is 1.38 bits per heavy atom. The molecule has 0 aliphatic carbocycles. The Morgan fingerprint density at radius 2 is 2.06 bits per heavy atom. The highest BCUT2D eigenvalue weighted by Crippen LogP contribution is 2.33. The summed E-state index contributed by atoms with van der Waals surface area (Å²) in [7, 11) is 0. The molecule has 16 heavy (non-hydrogen) atoms. The van der Waals surface area contributed by atoms with Crippen LogP contribution in [0.25, 0.3) is 0 Å². The van der Waals surface area contributed by atoms with E-state index in [1.807, 2.05) is 38.1 Å². The van der Waals surface area contributed by atoms with E-state index < -0.39 is 5.67 Å². The molecule has 1 aromatic rings. The maximum absolute atomic E-state index is 14.7. The molecule has 0 amide bonds. The van der Waals surface area contributed by atoms with Gasteiger partial charge in [0.15, 0.2) is 0 Å². The summed E-state index contributed by atoms with van der Waals surface area (Å²) >= 11 is 0. The fraction of sp³-hybridized carbons (Fsp3) is 0.571. The molecule has 90 valence electrons. The van der Waals surface area contributed by atoms with E-state index in [2.05, 4.69) is 6.92 Å². The molecule has 1 atom stereocenters. The first-order valence-electron chi connectivity index (χ1n) is 6.03. The first kappa shape index (κ1) is 13.2. The monoisotopic (exact) mass is 223 g/mol. The third-order valence-corrected chi connectivity index (χ3v) is 3.16. The SMILES string of the molecule is CCCc1cccc(C(F)(CN)C(C)C)c1. The van der Waals surface area contributed by atoms with E-state index in [9.17, 15) is 4.39 Å². The molecule has 0 aliphatic rings. The average molecular weight is 223 g/mol. The second-order valence-electron chi connectivity index (χ2n) is 4.67. The van der Waals surface area contributed by atoms with E-state index in [0.29, 0.717) is 0 Å². The zero-order valence-corrected chi connectivity index (χ0v) is 10.5. The van der Waals surface area contributed by atoms with Crippen molar-refractivity contribution in [2.45, 2.75) is 39.3 Å². The lowest BCUT2D eigenvalue weighted by atomic mass is 9.84. The van der Waals surface area contributed by atoms with Gasteiger partial charge >= 0.3 is 0 Å². The van der Waals surface area contributed by atoms with Gasteiger partial charge in [0, 0.05) is 6.54 Å². The molecule has 0 bridgehead atoms. The molecule has 0 aromatic heterocycles. The first-order valence-corrected chi connectivity index (χ1v) is 6.03. The van der Waals surface area contributed by atoms with Crippen molar-refractivity contribution in [3.05, 3.63) is 35.4 Å². The maximum atomic E-state index is 14.7. The van der Waals surface area contributed by atoms with Crippen molar-refractivity contribution in [3.63, 3.8) is 0 Å². The molecule has 0 saturated carbocycles. The lowest BCUT2D eigenvalue weighted by Gasteiger charge is -2.28. The Morgan fingerprint density at radius 3 is 2.56 bits per heavy atom. The fourth-order valence-electron chi connectivity index (χ4n) is 1.96. The number of halogens is 1. The van der Waals surface area contributed by atoms with E-state index in [-0.39, 0.29) is 12.5 Å². The van der Waals surface area contributed by atoms with Crippen LogP contribution in [-0.4, -0.2) is 6.54 Å². The molecule has 0 radical (unpaired) electrons. The topological polar surface area (TPSA) is 26.0 Å². The van der Waals surface area contributed by atoms with Gasteiger partial charge < -0.3 is 5.73 Å². The lowest BCUT2D eigenvalue weighted by Crippen LogP contribution is -2.35. The highest BCUT2D eigenvalue weighted by atomic mass is 19.1. The van der Waals surface area contributed by atoms with Gasteiger partial charge in [0.05, 0.1) is 0 Å². The van der Waals surface area contributed by atoms with E-state index in [1.165, 1.54) is 5.56 Å². The van der Waals surface area contributed by atoms with Crippen molar-refractivity contribution in [2.24, 2.45) is 11.7 Å². The number of hydrogen-bond donors (Lipinski definition) is 1. The van der Waals surface area contributed by atoms with Crippen molar-refractivity contribution in [2.75, 3.05) is 6.54 Å². The van der Waals surface area contributed by atoms with Crippen molar-refractivity contribution >= 4 is 0 Å². The Balaban J connectivity index is 3.06. The molecular formula is C14H22FN. The highest BCUT2D eigenvalue weighted by Gasteiger charge is 2.34. The second kappa shape index (κ2) is 5.44. The maximum Gasteiger partial charge on any atom is 0.150 e. The predicted molar refractivity (Wildman–Crippen MR) is 67.1 cm³/mol. The summed E-state index contributed by atoms with van der Waals surface area (Å²) in [4.78, 5) is 0. The highest BCUT2D eigenvalue weighted by molar-refractivity contribution is 5.29. The molecular weight excluding hydrogens is 201 g/mol. The molecule has 0 aliphatic heterocycles. The van der Waals surface area contributed by atoms with Crippen molar-refractivity contribution in [3.8, 4) is 0 Å². The minimum absolute atomic E-state index is 0.0419. The van der Waals surface area contributed by atoms with Gasteiger partial charge in [-0.25, -0.2) is 4.39 Å². The van der Waals surface area contributed by atoms with Gasteiger partial charge in [0.25, 0.3) is 0 Å². The van der Waals surface area contributed by atoms with Crippen LogP contribution in [0, 0.1) is 5.92 Å². The van der Waals surface area contributed by atoms with Crippen LogP contribution in [0.4, 0.5) is 4.39 Å². The third kappa shape index (κ3) is 2.62. The van der Waals surface area contributed by atoms with Gasteiger partial charge in [-0.15, -0.1) is 0 Å². The summed E-state index contributed by atoms with van der Waals surface area (Å²) in [6.45, 7) is 5.92. The molecule has 0 heterocycles. The van der Waals surface area contributed by atoms with Crippen LogP contribution < -0.4 is 5.73 Å². The molecule has 1 unspecified atom stereocenters. The fourth-order valence-corrected chi connectivity index (χ4v) is 1.96. The van der Waals surface area contributed by atoms with Crippen molar-refractivity contribution in [1.82, 2.24) is 0 Å². The Labute approximate surface area is 97.9 Å². The van der Waals surface area contributed by atoms with E-state index in [1.54, 1.807) is 0 Å². The van der Waals surface area contributed by atoms with Gasteiger partial charge in [-0.1, -0.05) is 51.5 Å². The number of aryl methyl sites for hydroxylation is 1. The van der Waals surface area contributed by atoms with Gasteiger partial charge in [0.2, 0.25) is 0 Å². The summed E-state index contributed by atoms with van der Waals surface area (Å²) in [6, 6.07) is 7.76. The lowest BCUT2D eigenvalue weighted by molar-refractivity contribution is 0.109. The largest absolute Gasteiger partial charge is 0.327 e. The summed E-state index contributed by atoms with van der Waals surface area (Å²) in [6.07, 6.45) is 2.07. The third-order valence-electron chi connectivity index (χ3n) is 3.16. The van der Waals surface area contributed by atoms with E-state index in [4.69, 9.17) is 5.73 Å². The predicted octanol–water partition coefficient (Wildman–Crippen LogP) is 3.42. The molecule has 2 N–H and O–H groups in total. The zero-order chi connectivity index (χ0) is 12.2.